The lowest BCUT2D eigenvalue weighted by Crippen LogP contribution is -2.45. The molecule has 2 unspecified atom stereocenters. The number of fused-ring (bicyclic) bond motifs is 1. The fourth-order valence-corrected chi connectivity index (χ4v) is 3.43. The van der Waals surface area contributed by atoms with E-state index in [0.717, 1.165) is 25.0 Å². The molecule has 0 saturated carbocycles. The molecule has 0 aromatic carbocycles. The second-order valence-corrected chi connectivity index (χ2v) is 5.56. The quantitative estimate of drug-likeness (QED) is 0.877. The number of piperidine rings is 1. The number of nitrogens with zero attached hydrogens (tertiary/aromatic N) is 2. The minimum Gasteiger partial charge on any atom is -0.312 e. The summed E-state index contributed by atoms with van der Waals surface area (Å²) in [5.74, 6) is 0. The molecule has 1 aromatic rings. The number of nitrogens with one attached hydrogen (secondary N) is 1. The van der Waals surface area contributed by atoms with Gasteiger partial charge in [-0.15, -0.1) is 0 Å². The number of hydrogen-bond acceptors (Lipinski definition) is 3. The van der Waals surface area contributed by atoms with Crippen molar-refractivity contribution >= 4 is 0 Å². The van der Waals surface area contributed by atoms with Crippen molar-refractivity contribution in [1.29, 1.82) is 0 Å². The van der Waals surface area contributed by atoms with Crippen LogP contribution in [0.2, 0.25) is 0 Å². The molecule has 2 aliphatic heterocycles. The Hall–Kier alpha value is -0.930. The van der Waals surface area contributed by atoms with E-state index in [1.807, 2.05) is 18.5 Å². The first-order valence-corrected chi connectivity index (χ1v) is 7.30. The summed E-state index contributed by atoms with van der Waals surface area (Å²) in [5.41, 5.74) is 1.34. The highest BCUT2D eigenvalue weighted by molar-refractivity contribution is 5.08. The van der Waals surface area contributed by atoms with Gasteiger partial charge in [-0.2, -0.15) is 0 Å². The Bertz CT molecular complexity index is 365. The summed E-state index contributed by atoms with van der Waals surface area (Å²) in [7, 11) is 0. The summed E-state index contributed by atoms with van der Waals surface area (Å²) in [6, 6.07) is 5.72. The molecule has 2 aliphatic rings. The van der Waals surface area contributed by atoms with Crippen LogP contribution in [0.1, 0.15) is 31.2 Å². The highest BCUT2D eigenvalue weighted by Gasteiger charge is 2.34. The third kappa shape index (κ3) is 2.73. The van der Waals surface area contributed by atoms with Gasteiger partial charge in [0, 0.05) is 31.0 Å². The van der Waals surface area contributed by atoms with E-state index in [9.17, 15) is 0 Å². The molecule has 1 N–H and O–H groups in total. The fraction of sp³-hybridized carbons (Fsp3) is 0.667. The summed E-state index contributed by atoms with van der Waals surface area (Å²) in [4.78, 5) is 6.85. The third-order valence-electron chi connectivity index (χ3n) is 4.40. The fourth-order valence-electron chi connectivity index (χ4n) is 3.43. The number of rotatable bonds is 4. The minimum absolute atomic E-state index is 0.724. The lowest BCUT2D eigenvalue weighted by atomic mass is 9.99. The Balaban J connectivity index is 1.46. The maximum atomic E-state index is 4.16. The van der Waals surface area contributed by atoms with E-state index >= 15 is 0 Å². The Morgan fingerprint density at radius 3 is 3.17 bits per heavy atom. The van der Waals surface area contributed by atoms with Gasteiger partial charge in [0.15, 0.2) is 0 Å². The van der Waals surface area contributed by atoms with E-state index in [0.29, 0.717) is 0 Å². The van der Waals surface area contributed by atoms with Crippen LogP contribution in [0.5, 0.6) is 0 Å². The van der Waals surface area contributed by atoms with Gasteiger partial charge < -0.3 is 5.32 Å². The van der Waals surface area contributed by atoms with Crippen molar-refractivity contribution in [1.82, 2.24) is 15.2 Å². The van der Waals surface area contributed by atoms with Crippen LogP contribution in [0, 0.1) is 0 Å². The topological polar surface area (TPSA) is 28.2 Å². The Kier molecular flexibility index (Phi) is 3.91. The van der Waals surface area contributed by atoms with Crippen LogP contribution in [-0.2, 0) is 6.42 Å². The Morgan fingerprint density at radius 1 is 1.28 bits per heavy atom. The maximum Gasteiger partial charge on any atom is 0.0300 e. The zero-order valence-corrected chi connectivity index (χ0v) is 11.0. The smallest absolute Gasteiger partial charge is 0.0300 e. The molecule has 2 saturated heterocycles. The second kappa shape index (κ2) is 5.81. The first-order valence-electron chi connectivity index (χ1n) is 7.30. The molecule has 0 amide bonds. The van der Waals surface area contributed by atoms with E-state index in [1.54, 1.807) is 0 Å². The number of aromatic nitrogens is 1. The molecule has 98 valence electrons. The molecule has 2 atom stereocenters. The van der Waals surface area contributed by atoms with E-state index < -0.39 is 0 Å². The van der Waals surface area contributed by atoms with Gasteiger partial charge in [0.05, 0.1) is 0 Å². The highest BCUT2D eigenvalue weighted by atomic mass is 15.2. The molecule has 0 spiro atoms. The van der Waals surface area contributed by atoms with E-state index in [4.69, 9.17) is 0 Å². The van der Waals surface area contributed by atoms with Crippen molar-refractivity contribution in [3.63, 3.8) is 0 Å². The molecule has 0 aliphatic carbocycles. The van der Waals surface area contributed by atoms with Crippen molar-refractivity contribution in [2.75, 3.05) is 19.6 Å². The lowest BCUT2D eigenvalue weighted by Gasteiger charge is -2.32. The van der Waals surface area contributed by atoms with E-state index in [1.165, 1.54) is 44.3 Å². The summed E-state index contributed by atoms with van der Waals surface area (Å²) in [6.45, 7) is 3.71. The molecule has 0 radical (unpaired) electrons. The highest BCUT2D eigenvalue weighted by Crippen LogP contribution is 2.26. The van der Waals surface area contributed by atoms with E-state index in [-0.39, 0.29) is 0 Å². The molecule has 1 aromatic heterocycles. The predicted molar refractivity (Wildman–Crippen MR) is 73.6 cm³/mol. The van der Waals surface area contributed by atoms with Gasteiger partial charge in [0.1, 0.15) is 0 Å². The van der Waals surface area contributed by atoms with Crippen molar-refractivity contribution in [2.45, 2.75) is 44.2 Å². The molecule has 0 bridgehead atoms. The largest absolute Gasteiger partial charge is 0.312 e. The zero-order valence-electron chi connectivity index (χ0n) is 11.0. The molecule has 3 rings (SSSR count). The van der Waals surface area contributed by atoms with Crippen molar-refractivity contribution < 1.29 is 0 Å². The predicted octanol–water partition coefficient (Wildman–Crippen LogP) is 1.84. The maximum absolute atomic E-state index is 4.16. The SMILES string of the molecule is c1cncc(CCNC2CCN3CCCCC23)c1. The normalized spacial score (nSPS) is 28.2. The van der Waals surface area contributed by atoms with Crippen molar-refractivity contribution in [2.24, 2.45) is 0 Å². The van der Waals surface area contributed by atoms with Crippen LogP contribution in [-0.4, -0.2) is 41.6 Å². The molecular weight excluding hydrogens is 222 g/mol. The van der Waals surface area contributed by atoms with Gasteiger partial charge >= 0.3 is 0 Å². The average molecular weight is 245 g/mol. The van der Waals surface area contributed by atoms with Gasteiger partial charge in [-0.3, -0.25) is 9.88 Å². The van der Waals surface area contributed by atoms with Gasteiger partial charge in [0.2, 0.25) is 0 Å². The van der Waals surface area contributed by atoms with Crippen LogP contribution < -0.4 is 5.32 Å². The number of hydrogen-bond donors (Lipinski definition) is 1. The van der Waals surface area contributed by atoms with Gasteiger partial charge in [-0.1, -0.05) is 12.5 Å². The molecule has 3 heterocycles. The van der Waals surface area contributed by atoms with Crippen LogP contribution >= 0.6 is 0 Å². The summed E-state index contributed by atoms with van der Waals surface area (Å²) in [6.07, 6.45) is 10.5. The lowest BCUT2D eigenvalue weighted by molar-refractivity contribution is 0.181. The molecule has 2 fully saturated rings. The third-order valence-corrected chi connectivity index (χ3v) is 4.40. The van der Waals surface area contributed by atoms with Crippen LogP contribution in [0.4, 0.5) is 0 Å². The first-order chi connectivity index (χ1) is 8.93. The summed E-state index contributed by atoms with van der Waals surface area (Å²) < 4.78 is 0. The Labute approximate surface area is 110 Å². The summed E-state index contributed by atoms with van der Waals surface area (Å²) >= 11 is 0. The van der Waals surface area contributed by atoms with Crippen LogP contribution in [0.3, 0.4) is 0 Å². The first kappa shape index (κ1) is 12.1. The second-order valence-electron chi connectivity index (χ2n) is 5.56. The molecule has 3 nitrogen and oxygen atoms in total. The molecule has 18 heavy (non-hydrogen) atoms. The standard InChI is InChI=1S/C15H23N3/c1-2-10-18-11-7-14(15(18)5-1)17-9-6-13-4-3-8-16-12-13/h3-4,8,12,14-15,17H,1-2,5-7,9-11H2. The monoisotopic (exact) mass is 245 g/mol. The van der Waals surface area contributed by atoms with Crippen molar-refractivity contribution in [3.05, 3.63) is 30.1 Å². The van der Waals surface area contributed by atoms with E-state index in [2.05, 4.69) is 21.3 Å². The molecular formula is C15H23N3. The van der Waals surface area contributed by atoms with Gasteiger partial charge in [-0.25, -0.2) is 0 Å². The van der Waals surface area contributed by atoms with Crippen molar-refractivity contribution in [3.8, 4) is 0 Å². The Morgan fingerprint density at radius 2 is 2.28 bits per heavy atom. The van der Waals surface area contributed by atoms with Crippen LogP contribution in [0.15, 0.2) is 24.5 Å². The number of pyridine rings is 1. The summed E-state index contributed by atoms with van der Waals surface area (Å²) in [5, 5.41) is 3.76. The average Bonchev–Trinajstić information content (AvgIpc) is 2.84. The van der Waals surface area contributed by atoms with Gasteiger partial charge in [0.25, 0.3) is 0 Å². The van der Waals surface area contributed by atoms with Gasteiger partial charge in [-0.05, 0) is 50.4 Å². The zero-order chi connectivity index (χ0) is 12.2. The van der Waals surface area contributed by atoms with Crippen LogP contribution in [0.25, 0.3) is 0 Å². The molecule has 3 heteroatoms. The minimum atomic E-state index is 0.724.